The van der Waals surface area contributed by atoms with Crippen molar-refractivity contribution in [2.45, 2.75) is 51.6 Å². The Morgan fingerprint density at radius 3 is 2.86 bits per heavy atom. The highest BCUT2D eigenvalue weighted by Crippen LogP contribution is 2.26. The average molecular weight is 286 g/mol. The van der Waals surface area contributed by atoms with Crippen molar-refractivity contribution in [3.8, 4) is 6.07 Å². The zero-order chi connectivity index (χ0) is 15.2. The summed E-state index contributed by atoms with van der Waals surface area (Å²) in [6.45, 7) is 3.97. The van der Waals surface area contributed by atoms with E-state index in [4.69, 9.17) is 5.26 Å². The first kappa shape index (κ1) is 15.3. The summed E-state index contributed by atoms with van der Waals surface area (Å²) in [4.78, 5) is 16.3. The zero-order valence-corrected chi connectivity index (χ0v) is 12.6. The molecule has 1 saturated carbocycles. The van der Waals surface area contributed by atoms with E-state index in [9.17, 15) is 4.79 Å². The normalized spacial score (nSPS) is 21.6. The fourth-order valence-corrected chi connectivity index (χ4v) is 2.72. The predicted molar refractivity (Wildman–Crippen MR) is 81.6 cm³/mol. The Kier molecular flexibility index (Phi) is 5.15. The molecule has 1 heterocycles. The molecule has 0 spiro atoms. The molecular weight excluding hydrogens is 264 g/mol. The van der Waals surface area contributed by atoms with Crippen LogP contribution in [0.2, 0.25) is 0 Å². The Morgan fingerprint density at radius 2 is 2.24 bits per heavy atom. The van der Waals surface area contributed by atoms with Crippen molar-refractivity contribution in [3.05, 3.63) is 23.9 Å². The molecule has 2 rings (SSSR count). The summed E-state index contributed by atoms with van der Waals surface area (Å²) in [7, 11) is 0. The number of hydrogen-bond acceptors (Lipinski definition) is 4. The molecule has 21 heavy (non-hydrogen) atoms. The minimum atomic E-state index is 0.0806. The van der Waals surface area contributed by atoms with Crippen molar-refractivity contribution in [1.29, 1.82) is 5.26 Å². The fraction of sp³-hybridized carbons (Fsp3) is 0.562. The van der Waals surface area contributed by atoms with Crippen LogP contribution in [0.5, 0.6) is 0 Å². The number of hydrogen-bond donors (Lipinski definition) is 2. The van der Waals surface area contributed by atoms with Gasteiger partial charge in [-0.1, -0.05) is 6.42 Å². The molecule has 0 aliphatic heterocycles. The second kappa shape index (κ2) is 7.07. The second-order valence-electron chi connectivity index (χ2n) is 5.91. The van der Waals surface area contributed by atoms with Gasteiger partial charge in [-0.3, -0.25) is 4.79 Å². The van der Waals surface area contributed by atoms with Gasteiger partial charge in [0.25, 0.3) is 0 Å². The molecule has 2 unspecified atom stereocenters. The fourth-order valence-electron chi connectivity index (χ4n) is 2.72. The summed E-state index contributed by atoms with van der Waals surface area (Å²) >= 11 is 0. The van der Waals surface area contributed by atoms with Crippen molar-refractivity contribution in [3.63, 3.8) is 0 Å². The van der Waals surface area contributed by atoms with E-state index >= 15 is 0 Å². The van der Waals surface area contributed by atoms with Crippen molar-refractivity contribution >= 4 is 11.7 Å². The Morgan fingerprint density at radius 1 is 1.43 bits per heavy atom. The van der Waals surface area contributed by atoms with Gasteiger partial charge < -0.3 is 10.6 Å². The first-order valence-corrected chi connectivity index (χ1v) is 7.51. The number of aromatic nitrogens is 1. The van der Waals surface area contributed by atoms with Gasteiger partial charge in [0.1, 0.15) is 11.9 Å². The lowest BCUT2D eigenvalue weighted by atomic mass is 9.85. The molecule has 1 aromatic rings. The van der Waals surface area contributed by atoms with Crippen LogP contribution in [-0.4, -0.2) is 23.0 Å². The van der Waals surface area contributed by atoms with Crippen LogP contribution in [0.1, 0.15) is 45.1 Å². The topological polar surface area (TPSA) is 77.8 Å². The van der Waals surface area contributed by atoms with Crippen LogP contribution >= 0.6 is 0 Å². The van der Waals surface area contributed by atoms with E-state index in [0.29, 0.717) is 5.56 Å². The molecule has 0 saturated heterocycles. The Labute approximate surface area is 125 Å². The van der Waals surface area contributed by atoms with Crippen LogP contribution in [-0.2, 0) is 4.79 Å². The van der Waals surface area contributed by atoms with Gasteiger partial charge in [-0.25, -0.2) is 4.98 Å². The molecule has 1 aliphatic rings. The van der Waals surface area contributed by atoms with Crippen molar-refractivity contribution in [2.75, 3.05) is 5.32 Å². The molecule has 112 valence electrons. The standard InChI is InChI=1S/C16H22N4O/c1-11(2)19-16(21)13-4-3-5-14(8-13)20-15-7-6-12(9-17)10-18-15/h6-7,10-11,13-14H,3-5,8H2,1-2H3,(H,18,20)(H,19,21). The molecule has 1 amide bonds. The number of nitriles is 1. The van der Waals surface area contributed by atoms with Crippen LogP contribution in [0.25, 0.3) is 0 Å². The van der Waals surface area contributed by atoms with Crippen LogP contribution in [0.3, 0.4) is 0 Å². The van der Waals surface area contributed by atoms with Crippen LogP contribution in [0.15, 0.2) is 18.3 Å². The van der Waals surface area contributed by atoms with E-state index in [0.717, 1.165) is 31.5 Å². The van der Waals surface area contributed by atoms with E-state index in [1.165, 1.54) is 0 Å². The van der Waals surface area contributed by atoms with Gasteiger partial charge in [0.05, 0.1) is 5.56 Å². The quantitative estimate of drug-likeness (QED) is 0.891. The number of amides is 1. The molecule has 0 bridgehead atoms. The highest BCUT2D eigenvalue weighted by Gasteiger charge is 2.27. The van der Waals surface area contributed by atoms with Gasteiger partial charge in [-0.15, -0.1) is 0 Å². The Hall–Kier alpha value is -2.09. The number of carbonyl (C=O) groups excluding carboxylic acids is 1. The molecule has 0 aromatic carbocycles. The molecule has 1 aliphatic carbocycles. The summed E-state index contributed by atoms with van der Waals surface area (Å²) < 4.78 is 0. The van der Waals surface area contributed by atoms with Gasteiger partial charge in [0, 0.05) is 24.2 Å². The van der Waals surface area contributed by atoms with Crippen molar-refractivity contribution < 1.29 is 4.79 Å². The lowest BCUT2D eigenvalue weighted by molar-refractivity contribution is -0.126. The second-order valence-corrected chi connectivity index (χ2v) is 5.91. The first-order valence-electron chi connectivity index (χ1n) is 7.51. The number of nitrogens with one attached hydrogen (secondary N) is 2. The Balaban J connectivity index is 1.91. The number of pyridine rings is 1. The van der Waals surface area contributed by atoms with E-state index in [1.807, 2.05) is 19.9 Å². The number of carbonyl (C=O) groups is 1. The molecule has 5 nitrogen and oxygen atoms in total. The average Bonchev–Trinajstić information content (AvgIpc) is 2.47. The van der Waals surface area contributed by atoms with Crippen LogP contribution < -0.4 is 10.6 Å². The summed E-state index contributed by atoms with van der Waals surface area (Å²) in [5, 5.41) is 15.1. The van der Waals surface area contributed by atoms with E-state index in [2.05, 4.69) is 21.7 Å². The monoisotopic (exact) mass is 286 g/mol. The first-order chi connectivity index (χ1) is 10.1. The lowest BCUT2D eigenvalue weighted by Crippen LogP contribution is -2.40. The van der Waals surface area contributed by atoms with Gasteiger partial charge in [-0.05, 0) is 45.2 Å². The van der Waals surface area contributed by atoms with Gasteiger partial charge in [0.2, 0.25) is 5.91 Å². The SMILES string of the molecule is CC(C)NC(=O)C1CCCC(Nc2ccc(C#N)cn2)C1. The molecule has 0 radical (unpaired) electrons. The zero-order valence-electron chi connectivity index (χ0n) is 12.6. The van der Waals surface area contributed by atoms with E-state index < -0.39 is 0 Å². The van der Waals surface area contributed by atoms with Crippen molar-refractivity contribution in [2.24, 2.45) is 5.92 Å². The Bertz CT molecular complexity index is 518. The lowest BCUT2D eigenvalue weighted by Gasteiger charge is -2.29. The van der Waals surface area contributed by atoms with Crippen LogP contribution in [0.4, 0.5) is 5.82 Å². The number of anilines is 1. The van der Waals surface area contributed by atoms with E-state index in [-0.39, 0.29) is 23.9 Å². The smallest absolute Gasteiger partial charge is 0.223 e. The van der Waals surface area contributed by atoms with Gasteiger partial charge in [-0.2, -0.15) is 5.26 Å². The third-order valence-corrected chi connectivity index (χ3v) is 3.72. The van der Waals surface area contributed by atoms with Gasteiger partial charge in [0.15, 0.2) is 0 Å². The third-order valence-electron chi connectivity index (χ3n) is 3.72. The maximum atomic E-state index is 12.1. The molecule has 2 atom stereocenters. The number of rotatable bonds is 4. The van der Waals surface area contributed by atoms with Crippen LogP contribution in [0, 0.1) is 17.2 Å². The number of nitrogens with zero attached hydrogens (tertiary/aromatic N) is 2. The largest absolute Gasteiger partial charge is 0.367 e. The minimum absolute atomic E-state index is 0.0806. The molecular formula is C16H22N4O. The van der Waals surface area contributed by atoms with Crippen molar-refractivity contribution in [1.82, 2.24) is 10.3 Å². The molecule has 2 N–H and O–H groups in total. The molecule has 5 heteroatoms. The maximum absolute atomic E-state index is 12.1. The molecule has 1 aromatic heterocycles. The minimum Gasteiger partial charge on any atom is -0.367 e. The summed E-state index contributed by atoms with van der Waals surface area (Å²) in [5.74, 6) is 1.00. The highest BCUT2D eigenvalue weighted by atomic mass is 16.1. The maximum Gasteiger partial charge on any atom is 0.223 e. The molecule has 1 fully saturated rings. The third kappa shape index (κ3) is 4.45. The summed E-state index contributed by atoms with van der Waals surface area (Å²) in [6.07, 6.45) is 5.45. The highest BCUT2D eigenvalue weighted by molar-refractivity contribution is 5.79. The van der Waals surface area contributed by atoms with Gasteiger partial charge >= 0.3 is 0 Å². The van der Waals surface area contributed by atoms with E-state index in [1.54, 1.807) is 12.3 Å². The summed E-state index contributed by atoms with van der Waals surface area (Å²) in [5.41, 5.74) is 0.554. The predicted octanol–water partition coefficient (Wildman–Crippen LogP) is 2.45. The summed E-state index contributed by atoms with van der Waals surface area (Å²) in [6, 6.07) is 6.07.